The Hall–Kier alpha value is -2.09. The highest BCUT2D eigenvalue weighted by atomic mass is 35.5. The topological polar surface area (TPSA) is 48.7 Å². The van der Waals surface area contributed by atoms with Crippen molar-refractivity contribution in [2.45, 2.75) is 6.92 Å². The standard InChI is InChI=1S/C15H10ClN3S/c1-9-2-5-14-13(6-9)19-15(20-14)18-11-4-3-10(8-17)12(16)7-11/h2-7H,1H3,(H,18,19). The van der Waals surface area contributed by atoms with Crippen LogP contribution in [0, 0.1) is 18.3 Å². The Morgan fingerprint density at radius 3 is 2.85 bits per heavy atom. The minimum atomic E-state index is 0.439. The lowest BCUT2D eigenvalue weighted by atomic mass is 10.2. The highest BCUT2D eigenvalue weighted by Crippen LogP contribution is 2.30. The van der Waals surface area contributed by atoms with E-state index in [1.165, 1.54) is 5.56 Å². The number of aromatic nitrogens is 1. The fourth-order valence-corrected chi connectivity index (χ4v) is 2.99. The van der Waals surface area contributed by atoms with E-state index in [4.69, 9.17) is 16.9 Å². The SMILES string of the molecule is Cc1ccc2sc(Nc3ccc(C#N)c(Cl)c3)nc2c1. The monoisotopic (exact) mass is 299 g/mol. The van der Waals surface area contributed by atoms with Crippen LogP contribution in [0.5, 0.6) is 0 Å². The molecule has 0 saturated heterocycles. The van der Waals surface area contributed by atoms with E-state index in [0.29, 0.717) is 10.6 Å². The zero-order valence-electron chi connectivity index (χ0n) is 10.6. The van der Waals surface area contributed by atoms with E-state index < -0.39 is 0 Å². The molecule has 98 valence electrons. The molecule has 0 fully saturated rings. The van der Waals surface area contributed by atoms with Gasteiger partial charge in [0.2, 0.25) is 0 Å². The van der Waals surface area contributed by atoms with Gasteiger partial charge in [-0.3, -0.25) is 0 Å². The van der Waals surface area contributed by atoms with Gasteiger partial charge in [0.25, 0.3) is 0 Å². The summed E-state index contributed by atoms with van der Waals surface area (Å²) in [4.78, 5) is 4.54. The van der Waals surface area contributed by atoms with Gasteiger partial charge in [0.05, 0.1) is 20.8 Å². The molecule has 1 aromatic heterocycles. The van der Waals surface area contributed by atoms with Crippen LogP contribution in [0.25, 0.3) is 10.2 Å². The first-order valence-electron chi connectivity index (χ1n) is 5.99. The highest BCUT2D eigenvalue weighted by molar-refractivity contribution is 7.22. The van der Waals surface area contributed by atoms with Gasteiger partial charge in [0.1, 0.15) is 6.07 Å². The maximum absolute atomic E-state index is 8.86. The molecule has 0 bridgehead atoms. The van der Waals surface area contributed by atoms with E-state index in [2.05, 4.69) is 28.5 Å². The number of hydrogen-bond acceptors (Lipinski definition) is 4. The van der Waals surface area contributed by atoms with Crippen molar-refractivity contribution in [3.8, 4) is 6.07 Å². The van der Waals surface area contributed by atoms with Crippen molar-refractivity contribution in [2.24, 2.45) is 0 Å². The summed E-state index contributed by atoms with van der Waals surface area (Å²) in [7, 11) is 0. The summed E-state index contributed by atoms with van der Waals surface area (Å²) >= 11 is 7.60. The second-order valence-corrected chi connectivity index (χ2v) is 5.86. The van der Waals surface area contributed by atoms with E-state index in [1.807, 2.05) is 19.1 Å². The fourth-order valence-electron chi connectivity index (χ4n) is 1.90. The first-order chi connectivity index (χ1) is 9.65. The minimum Gasteiger partial charge on any atom is -0.331 e. The van der Waals surface area contributed by atoms with Crippen LogP contribution >= 0.6 is 22.9 Å². The summed E-state index contributed by atoms with van der Waals surface area (Å²) in [6.07, 6.45) is 0. The number of thiazole rings is 1. The zero-order chi connectivity index (χ0) is 14.1. The quantitative estimate of drug-likeness (QED) is 0.734. The molecule has 0 aliphatic rings. The van der Waals surface area contributed by atoms with E-state index >= 15 is 0 Å². The number of anilines is 2. The molecular formula is C15H10ClN3S. The highest BCUT2D eigenvalue weighted by Gasteiger charge is 2.06. The van der Waals surface area contributed by atoms with Crippen LogP contribution < -0.4 is 5.32 Å². The molecule has 0 atom stereocenters. The number of aryl methyl sites for hydroxylation is 1. The lowest BCUT2D eigenvalue weighted by molar-refractivity contribution is 1.42. The molecule has 3 rings (SSSR count). The van der Waals surface area contributed by atoms with Crippen LogP contribution in [0.2, 0.25) is 5.02 Å². The van der Waals surface area contributed by atoms with Gasteiger partial charge in [-0.2, -0.15) is 5.26 Å². The van der Waals surface area contributed by atoms with Gasteiger partial charge in [-0.25, -0.2) is 4.98 Å². The third kappa shape index (κ3) is 2.46. The molecule has 5 heteroatoms. The van der Waals surface area contributed by atoms with E-state index in [9.17, 15) is 0 Å². The first kappa shape index (κ1) is 12.9. The molecule has 1 N–H and O–H groups in total. The van der Waals surface area contributed by atoms with E-state index in [1.54, 1.807) is 23.5 Å². The number of rotatable bonds is 2. The third-order valence-electron chi connectivity index (χ3n) is 2.88. The van der Waals surface area contributed by atoms with Gasteiger partial charge in [-0.05, 0) is 42.8 Å². The normalized spacial score (nSPS) is 10.4. The van der Waals surface area contributed by atoms with Gasteiger partial charge < -0.3 is 5.32 Å². The second kappa shape index (κ2) is 5.12. The van der Waals surface area contributed by atoms with E-state index in [0.717, 1.165) is 21.0 Å². The summed E-state index contributed by atoms with van der Waals surface area (Å²) in [5, 5.41) is 13.3. The summed E-state index contributed by atoms with van der Waals surface area (Å²) in [6, 6.07) is 13.5. The Morgan fingerprint density at radius 1 is 1.25 bits per heavy atom. The molecule has 1 heterocycles. The van der Waals surface area contributed by atoms with Crippen LogP contribution in [0.1, 0.15) is 11.1 Å². The number of halogens is 1. The van der Waals surface area contributed by atoms with Crippen LogP contribution in [0.4, 0.5) is 10.8 Å². The predicted molar refractivity (Wildman–Crippen MR) is 83.8 cm³/mol. The van der Waals surface area contributed by atoms with Gasteiger partial charge in [-0.15, -0.1) is 0 Å². The Balaban J connectivity index is 1.93. The molecule has 3 aromatic rings. The molecule has 0 radical (unpaired) electrons. The Labute approximate surface area is 125 Å². The molecule has 0 aliphatic carbocycles. The predicted octanol–water partition coefficient (Wildman–Crippen LogP) is 4.87. The van der Waals surface area contributed by atoms with Gasteiger partial charge >= 0.3 is 0 Å². The summed E-state index contributed by atoms with van der Waals surface area (Å²) < 4.78 is 1.14. The van der Waals surface area contributed by atoms with Gasteiger partial charge in [0.15, 0.2) is 5.13 Å². The zero-order valence-corrected chi connectivity index (χ0v) is 12.2. The Bertz CT molecular complexity index is 833. The number of hydrogen-bond donors (Lipinski definition) is 1. The number of fused-ring (bicyclic) bond motifs is 1. The second-order valence-electron chi connectivity index (χ2n) is 4.42. The molecule has 0 saturated carbocycles. The lowest BCUT2D eigenvalue weighted by Gasteiger charge is -2.03. The largest absolute Gasteiger partial charge is 0.331 e. The average molecular weight is 300 g/mol. The summed E-state index contributed by atoms with van der Waals surface area (Å²) in [6.45, 7) is 2.05. The van der Waals surface area contributed by atoms with Gasteiger partial charge in [0, 0.05) is 5.69 Å². The number of nitrogens with one attached hydrogen (secondary N) is 1. The average Bonchev–Trinajstić information content (AvgIpc) is 2.80. The number of nitrogens with zero attached hydrogens (tertiary/aromatic N) is 2. The fraction of sp³-hybridized carbons (Fsp3) is 0.0667. The third-order valence-corrected chi connectivity index (χ3v) is 4.15. The summed E-state index contributed by atoms with van der Waals surface area (Å²) in [5.41, 5.74) is 3.47. The summed E-state index contributed by atoms with van der Waals surface area (Å²) in [5.74, 6) is 0. The maximum atomic E-state index is 8.86. The van der Waals surface area contributed by atoms with Crippen LogP contribution in [-0.2, 0) is 0 Å². The molecule has 3 nitrogen and oxygen atoms in total. The van der Waals surface area contributed by atoms with Crippen LogP contribution in [-0.4, -0.2) is 4.98 Å². The van der Waals surface area contributed by atoms with Crippen molar-refractivity contribution < 1.29 is 0 Å². The van der Waals surface area contributed by atoms with Crippen molar-refractivity contribution in [3.63, 3.8) is 0 Å². The van der Waals surface area contributed by atoms with Crippen molar-refractivity contribution in [3.05, 3.63) is 52.5 Å². The Kier molecular flexibility index (Phi) is 3.31. The molecule has 0 amide bonds. The van der Waals surface area contributed by atoms with Crippen LogP contribution in [0.3, 0.4) is 0 Å². The number of benzene rings is 2. The van der Waals surface area contributed by atoms with Crippen molar-refractivity contribution >= 4 is 44.0 Å². The lowest BCUT2D eigenvalue weighted by Crippen LogP contribution is -1.89. The first-order valence-corrected chi connectivity index (χ1v) is 7.19. The maximum Gasteiger partial charge on any atom is 0.188 e. The molecular weight excluding hydrogens is 290 g/mol. The van der Waals surface area contributed by atoms with Crippen molar-refractivity contribution in [2.75, 3.05) is 5.32 Å². The minimum absolute atomic E-state index is 0.439. The van der Waals surface area contributed by atoms with Crippen LogP contribution in [0.15, 0.2) is 36.4 Å². The van der Waals surface area contributed by atoms with Crippen molar-refractivity contribution in [1.82, 2.24) is 4.98 Å². The number of nitriles is 1. The molecule has 2 aromatic carbocycles. The van der Waals surface area contributed by atoms with Crippen molar-refractivity contribution in [1.29, 1.82) is 5.26 Å². The molecule has 20 heavy (non-hydrogen) atoms. The Morgan fingerprint density at radius 2 is 2.10 bits per heavy atom. The van der Waals surface area contributed by atoms with Gasteiger partial charge in [-0.1, -0.05) is 29.0 Å². The smallest absolute Gasteiger partial charge is 0.188 e. The molecule has 0 spiro atoms. The van der Waals surface area contributed by atoms with E-state index in [-0.39, 0.29) is 0 Å². The molecule has 0 unspecified atom stereocenters. The molecule has 0 aliphatic heterocycles.